The third-order valence-corrected chi connectivity index (χ3v) is 3.47. The molecule has 0 unspecified atom stereocenters. The van der Waals surface area contributed by atoms with Crippen molar-refractivity contribution in [1.29, 1.82) is 0 Å². The van der Waals surface area contributed by atoms with Crippen molar-refractivity contribution in [3.63, 3.8) is 0 Å². The van der Waals surface area contributed by atoms with Crippen molar-refractivity contribution in [1.82, 2.24) is 9.55 Å². The Labute approximate surface area is 118 Å². The van der Waals surface area contributed by atoms with E-state index >= 15 is 0 Å². The fourth-order valence-corrected chi connectivity index (χ4v) is 2.04. The second kappa shape index (κ2) is 5.36. The van der Waals surface area contributed by atoms with Crippen LogP contribution in [-0.2, 0) is 18.4 Å². The average molecular weight is 270 g/mol. The van der Waals surface area contributed by atoms with E-state index in [4.69, 9.17) is 0 Å². The molecule has 0 atom stereocenters. The number of amides is 1. The van der Waals surface area contributed by atoms with Crippen LogP contribution in [0, 0.1) is 5.92 Å². The molecule has 1 aromatic carbocycles. The number of benzene rings is 1. The maximum atomic E-state index is 11.7. The van der Waals surface area contributed by atoms with E-state index in [-0.39, 0.29) is 11.8 Å². The Hall–Kier alpha value is -2.30. The molecule has 0 spiro atoms. The summed E-state index contributed by atoms with van der Waals surface area (Å²) in [6.45, 7) is 0.705. The second-order valence-corrected chi connectivity index (χ2v) is 5.19. The highest BCUT2D eigenvalue weighted by Crippen LogP contribution is 2.30. The van der Waals surface area contributed by atoms with Crippen LogP contribution >= 0.6 is 0 Å². The van der Waals surface area contributed by atoms with Gasteiger partial charge < -0.3 is 15.2 Å². The van der Waals surface area contributed by atoms with Gasteiger partial charge in [0.1, 0.15) is 0 Å². The molecule has 0 saturated heterocycles. The van der Waals surface area contributed by atoms with Gasteiger partial charge in [-0.15, -0.1) is 0 Å². The molecule has 20 heavy (non-hydrogen) atoms. The number of hydrogen-bond acceptors (Lipinski definition) is 3. The maximum Gasteiger partial charge on any atom is 0.227 e. The standard InChI is InChI=1S/C15H18N4O/c1-19-10-16-8-14(19)9-17-12-3-2-4-13(7-12)18-15(20)11-5-6-11/h2-4,7-8,10-11,17H,5-6,9H2,1H3,(H,18,20). The largest absolute Gasteiger partial charge is 0.379 e. The molecule has 3 rings (SSSR count). The van der Waals surface area contributed by atoms with E-state index in [9.17, 15) is 4.79 Å². The number of imidazole rings is 1. The zero-order valence-corrected chi connectivity index (χ0v) is 11.5. The summed E-state index contributed by atoms with van der Waals surface area (Å²) in [6, 6.07) is 7.80. The van der Waals surface area contributed by atoms with Crippen molar-refractivity contribution in [3.8, 4) is 0 Å². The molecule has 1 amide bonds. The van der Waals surface area contributed by atoms with Crippen LogP contribution in [0.4, 0.5) is 11.4 Å². The van der Waals surface area contributed by atoms with Crippen LogP contribution < -0.4 is 10.6 Å². The van der Waals surface area contributed by atoms with Gasteiger partial charge in [0.25, 0.3) is 0 Å². The van der Waals surface area contributed by atoms with Crippen LogP contribution in [0.25, 0.3) is 0 Å². The van der Waals surface area contributed by atoms with Crippen molar-refractivity contribution in [2.75, 3.05) is 10.6 Å². The van der Waals surface area contributed by atoms with E-state index in [2.05, 4.69) is 15.6 Å². The van der Waals surface area contributed by atoms with Crippen LogP contribution in [-0.4, -0.2) is 15.5 Å². The quantitative estimate of drug-likeness (QED) is 0.877. The number of carbonyl (C=O) groups excluding carboxylic acids is 1. The lowest BCUT2D eigenvalue weighted by atomic mass is 10.2. The number of rotatable bonds is 5. The fraction of sp³-hybridized carbons (Fsp3) is 0.333. The van der Waals surface area contributed by atoms with Gasteiger partial charge in [-0.25, -0.2) is 4.98 Å². The Balaban J connectivity index is 1.62. The molecule has 5 nitrogen and oxygen atoms in total. The first kappa shape index (κ1) is 12.7. The maximum absolute atomic E-state index is 11.7. The molecule has 2 aromatic rings. The van der Waals surface area contributed by atoms with Gasteiger partial charge in [0.2, 0.25) is 5.91 Å². The highest BCUT2D eigenvalue weighted by molar-refractivity contribution is 5.94. The van der Waals surface area contributed by atoms with Crippen LogP contribution in [0.1, 0.15) is 18.5 Å². The SMILES string of the molecule is Cn1cncc1CNc1cccc(NC(=O)C2CC2)c1. The van der Waals surface area contributed by atoms with Crippen LogP contribution in [0.15, 0.2) is 36.8 Å². The van der Waals surface area contributed by atoms with E-state index in [1.165, 1.54) is 0 Å². The monoisotopic (exact) mass is 270 g/mol. The molecule has 1 saturated carbocycles. The molecule has 0 radical (unpaired) electrons. The molecule has 2 N–H and O–H groups in total. The van der Waals surface area contributed by atoms with Crippen LogP contribution in [0.3, 0.4) is 0 Å². The highest BCUT2D eigenvalue weighted by atomic mass is 16.2. The summed E-state index contributed by atoms with van der Waals surface area (Å²) in [7, 11) is 1.97. The van der Waals surface area contributed by atoms with Gasteiger partial charge in [0, 0.05) is 30.5 Å². The third-order valence-electron chi connectivity index (χ3n) is 3.47. The number of carbonyl (C=O) groups is 1. The molecule has 0 aliphatic heterocycles. The van der Waals surface area contributed by atoms with Crippen molar-refractivity contribution in [2.24, 2.45) is 13.0 Å². The molecule has 1 fully saturated rings. The summed E-state index contributed by atoms with van der Waals surface area (Å²) < 4.78 is 1.98. The summed E-state index contributed by atoms with van der Waals surface area (Å²) in [5.41, 5.74) is 2.94. The fourth-order valence-electron chi connectivity index (χ4n) is 2.04. The van der Waals surface area contributed by atoms with E-state index in [1.54, 1.807) is 6.33 Å². The van der Waals surface area contributed by atoms with E-state index in [0.29, 0.717) is 6.54 Å². The van der Waals surface area contributed by atoms with Crippen molar-refractivity contribution < 1.29 is 4.79 Å². The summed E-state index contributed by atoms with van der Waals surface area (Å²) in [5, 5.41) is 6.29. The Morgan fingerprint density at radius 2 is 2.20 bits per heavy atom. The molecular weight excluding hydrogens is 252 g/mol. The lowest BCUT2D eigenvalue weighted by Gasteiger charge is -2.09. The van der Waals surface area contributed by atoms with Crippen molar-refractivity contribution >= 4 is 17.3 Å². The van der Waals surface area contributed by atoms with Gasteiger partial charge in [-0.3, -0.25) is 4.79 Å². The Morgan fingerprint density at radius 1 is 1.40 bits per heavy atom. The summed E-state index contributed by atoms with van der Waals surface area (Å²) >= 11 is 0. The van der Waals surface area contributed by atoms with Crippen molar-refractivity contribution in [3.05, 3.63) is 42.5 Å². The minimum absolute atomic E-state index is 0.133. The molecule has 0 bridgehead atoms. The lowest BCUT2D eigenvalue weighted by Crippen LogP contribution is -2.13. The summed E-state index contributed by atoms with van der Waals surface area (Å²) in [4.78, 5) is 15.8. The predicted molar refractivity (Wildman–Crippen MR) is 78.3 cm³/mol. The first-order chi connectivity index (χ1) is 9.72. The van der Waals surface area contributed by atoms with E-state index in [0.717, 1.165) is 29.9 Å². The zero-order chi connectivity index (χ0) is 13.9. The average Bonchev–Trinajstić information content (AvgIpc) is 3.21. The van der Waals surface area contributed by atoms with Crippen LogP contribution in [0.5, 0.6) is 0 Å². The molecule has 1 aliphatic rings. The Bertz CT molecular complexity index is 616. The van der Waals surface area contributed by atoms with E-state index in [1.807, 2.05) is 42.1 Å². The Kier molecular flexibility index (Phi) is 3.41. The summed E-state index contributed by atoms with van der Waals surface area (Å²) in [5.74, 6) is 0.356. The molecule has 1 heterocycles. The number of nitrogens with one attached hydrogen (secondary N) is 2. The number of anilines is 2. The van der Waals surface area contributed by atoms with Gasteiger partial charge in [-0.05, 0) is 31.0 Å². The topological polar surface area (TPSA) is 59.0 Å². The van der Waals surface area contributed by atoms with E-state index < -0.39 is 0 Å². The second-order valence-electron chi connectivity index (χ2n) is 5.19. The van der Waals surface area contributed by atoms with Crippen molar-refractivity contribution in [2.45, 2.75) is 19.4 Å². The van der Waals surface area contributed by atoms with Gasteiger partial charge in [-0.1, -0.05) is 6.07 Å². The minimum atomic E-state index is 0.133. The predicted octanol–water partition coefficient (Wildman–Crippen LogP) is 2.38. The Morgan fingerprint density at radius 3 is 2.90 bits per heavy atom. The lowest BCUT2D eigenvalue weighted by molar-refractivity contribution is -0.117. The van der Waals surface area contributed by atoms with Gasteiger partial charge >= 0.3 is 0 Å². The van der Waals surface area contributed by atoms with Crippen LogP contribution in [0.2, 0.25) is 0 Å². The number of hydrogen-bond donors (Lipinski definition) is 2. The van der Waals surface area contributed by atoms with Gasteiger partial charge in [0.15, 0.2) is 0 Å². The van der Waals surface area contributed by atoms with Gasteiger partial charge in [-0.2, -0.15) is 0 Å². The summed E-state index contributed by atoms with van der Waals surface area (Å²) in [6.07, 6.45) is 5.66. The number of nitrogens with zero attached hydrogens (tertiary/aromatic N) is 2. The smallest absolute Gasteiger partial charge is 0.227 e. The number of aromatic nitrogens is 2. The highest BCUT2D eigenvalue weighted by Gasteiger charge is 2.29. The molecule has 1 aliphatic carbocycles. The molecular formula is C15H18N4O. The minimum Gasteiger partial charge on any atom is -0.379 e. The third kappa shape index (κ3) is 2.99. The molecule has 1 aromatic heterocycles. The molecule has 104 valence electrons. The molecule has 5 heteroatoms. The zero-order valence-electron chi connectivity index (χ0n) is 11.5. The number of aryl methyl sites for hydroxylation is 1. The van der Waals surface area contributed by atoms with Gasteiger partial charge in [0.05, 0.1) is 18.6 Å². The first-order valence-corrected chi connectivity index (χ1v) is 6.82. The first-order valence-electron chi connectivity index (χ1n) is 6.82. The normalized spacial score (nSPS) is 14.1.